The van der Waals surface area contributed by atoms with Crippen LogP contribution in [-0.2, 0) is 4.79 Å². The molecule has 76 valence electrons. The van der Waals surface area contributed by atoms with Crippen LogP contribution in [0.1, 0.15) is 19.3 Å². The Labute approximate surface area is 86.8 Å². The molecule has 2 aliphatic rings. The van der Waals surface area contributed by atoms with E-state index in [-0.39, 0.29) is 11.8 Å². The van der Waals surface area contributed by atoms with E-state index in [2.05, 4.69) is 15.1 Å². The zero-order valence-electron chi connectivity index (χ0n) is 8.13. The Balaban J connectivity index is 1.97. The summed E-state index contributed by atoms with van der Waals surface area (Å²) in [6.07, 6.45) is 6.15. The van der Waals surface area contributed by atoms with Gasteiger partial charge in [-0.3, -0.25) is 4.79 Å². The van der Waals surface area contributed by atoms with Crippen LogP contribution in [0.25, 0.3) is 0 Å². The van der Waals surface area contributed by atoms with Crippen LogP contribution in [-0.4, -0.2) is 21.6 Å². The van der Waals surface area contributed by atoms with Gasteiger partial charge in [0.1, 0.15) is 0 Å². The summed E-state index contributed by atoms with van der Waals surface area (Å²) in [6.45, 7) is 0. The van der Waals surface area contributed by atoms with Gasteiger partial charge in [0.25, 0.3) is 11.9 Å². The summed E-state index contributed by atoms with van der Waals surface area (Å²) in [5, 5.41) is 5.61. The fraction of sp³-hybridized carbons (Fsp3) is 0.400. The van der Waals surface area contributed by atoms with Crippen molar-refractivity contribution in [1.29, 1.82) is 0 Å². The van der Waals surface area contributed by atoms with Gasteiger partial charge in [0.2, 0.25) is 0 Å². The molecule has 15 heavy (non-hydrogen) atoms. The number of carbonyl (C=O) groups is 1. The van der Waals surface area contributed by atoms with Gasteiger partial charge in [-0.05, 0) is 25.3 Å². The largest absolute Gasteiger partial charge is 0.272 e. The molecule has 5 nitrogen and oxygen atoms in total. The van der Waals surface area contributed by atoms with Crippen LogP contribution in [0.2, 0.25) is 0 Å². The van der Waals surface area contributed by atoms with Crippen LogP contribution >= 0.6 is 0 Å². The molecule has 1 saturated carbocycles. The predicted molar refractivity (Wildman–Crippen MR) is 54.3 cm³/mol. The number of carbonyl (C=O) groups excluding carboxylic acids is 1. The summed E-state index contributed by atoms with van der Waals surface area (Å²) in [5.74, 6) is 0.395. The molecule has 2 heterocycles. The monoisotopic (exact) mass is 202 g/mol. The molecule has 1 aromatic heterocycles. The molecule has 1 unspecified atom stereocenters. The van der Waals surface area contributed by atoms with Gasteiger partial charge in [-0.1, -0.05) is 0 Å². The van der Waals surface area contributed by atoms with Crippen LogP contribution in [0.3, 0.4) is 0 Å². The molecule has 0 N–H and O–H groups in total. The van der Waals surface area contributed by atoms with Gasteiger partial charge < -0.3 is 0 Å². The second-order valence-electron chi connectivity index (χ2n) is 3.73. The molecule has 3 rings (SSSR count). The number of fused-ring (bicyclic) bond motifs is 1. The molecule has 1 aliphatic carbocycles. The first-order valence-electron chi connectivity index (χ1n) is 5.04. The number of amides is 1. The molecule has 0 spiro atoms. The Morgan fingerprint density at radius 2 is 2.13 bits per heavy atom. The summed E-state index contributed by atoms with van der Waals surface area (Å²) in [5.41, 5.74) is 0.993. The van der Waals surface area contributed by atoms with E-state index in [0.29, 0.717) is 5.95 Å². The lowest BCUT2D eigenvalue weighted by molar-refractivity contribution is -0.119. The van der Waals surface area contributed by atoms with Crippen molar-refractivity contribution in [2.75, 3.05) is 5.01 Å². The summed E-state index contributed by atoms with van der Waals surface area (Å²) in [6, 6.07) is 1.72. The minimum atomic E-state index is -0.00574. The highest BCUT2D eigenvalue weighted by Crippen LogP contribution is 2.31. The Hall–Kier alpha value is -1.78. The fourth-order valence-electron chi connectivity index (χ4n) is 2.08. The van der Waals surface area contributed by atoms with Gasteiger partial charge in [0, 0.05) is 12.4 Å². The Bertz CT molecular complexity index is 428. The molecule has 5 heteroatoms. The van der Waals surface area contributed by atoms with Crippen molar-refractivity contribution in [1.82, 2.24) is 9.97 Å². The minimum absolute atomic E-state index is 0.00574. The van der Waals surface area contributed by atoms with Crippen LogP contribution in [0.5, 0.6) is 0 Å². The Morgan fingerprint density at radius 3 is 2.87 bits per heavy atom. The van der Waals surface area contributed by atoms with E-state index in [1.54, 1.807) is 18.5 Å². The van der Waals surface area contributed by atoms with Crippen molar-refractivity contribution in [2.45, 2.75) is 19.3 Å². The summed E-state index contributed by atoms with van der Waals surface area (Å²) >= 11 is 0. The molecule has 1 fully saturated rings. The lowest BCUT2D eigenvalue weighted by Gasteiger charge is -2.10. The summed E-state index contributed by atoms with van der Waals surface area (Å²) in [7, 11) is 0. The minimum Gasteiger partial charge on any atom is -0.272 e. The second-order valence-corrected chi connectivity index (χ2v) is 3.73. The Morgan fingerprint density at radius 1 is 1.33 bits per heavy atom. The van der Waals surface area contributed by atoms with Gasteiger partial charge in [0.05, 0.1) is 11.6 Å². The topological polar surface area (TPSA) is 58.5 Å². The molecule has 1 atom stereocenters. The highest BCUT2D eigenvalue weighted by molar-refractivity contribution is 6.15. The highest BCUT2D eigenvalue weighted by atomic mass is 16.2. The van der Waals surface area contributed by atoms with Crippen LogP contribution in [0.15, 0.2) is 23.6 Å². The molecule has 1 aliphatic heterocycles. The van der Waals surface area contributed by atoms with E-state index in [1.807, 2.05) is 0 Å². The quantitative estimate of drug-likeness (QED) is 0.682. The van der Waals surface area contributed by atoms with Gasteiger partial charge in [-0.2, -0.15) is 10.1 Å². The first-order valence-corrected chi connectivity index (χ1v) is 5.04. The number of hydrazone groups is 1. The zero-order chi connectivity index (χ0) is 10.3. The summed E-state index contributed by atoms with van der Waals surface area (Å²) in [4.78, 5) is 20.0. The molecule has 0 radical (unpaired) electrons. The van der Waals surface area contributed by atoms with Crippen molar-refractivity contribution in [3.8, 4) is 0 Å². The average Bonchev–Trinajstić information content (AvgIpc) is 2.83. The number of anilines is 1. The molecule has 0 bridgehead atoms. The van der Waals surface area contributed by atoms with E-state index < -0.39 is 0 Å². The van der Waals surface area contributed by atoms with Crippen LogP contribution < -0.4 is 5.01 Å². The number of rotatable bonds is 1. The maximum Gasteiger partial charge on any atom is 0.258 e. The number of nitrogens with zero attached hydrogens (tertiary/aromatic N) is 4. The number of hydrogen-bond donors (Lipinski definition) is 0. The van der Waals surface area contributed by atoms with Gasteiger partial charge >= 0.3 is 0 Å². The molecular formula is C10H10N4O. The van der Waals surface area contributed by atoms with Crippen LogP contribution in [0.4, 0.5) is 5.95 Å². The zero-order valence-corrected chi connectivity index (χ0v) is 8.13. The highest BCUT2D eigenvalue weighted by Gasteiger charge is 2.40. The van der Waals surface area contributed by atoms with Crippen molar-refractivity contribution in [3.05, 3.63) is 18.5 Å². The lowest BCUT2D eigenvalue weighted by atomic mass is 10.1. The maximum atomic E-state index is 11.9. The van der Waals surface area contributed by atoms with E-state index in [1.165, 1.54) is 5.01 Å². The van der Waals surface area contributed by atoms with E-state index >= 15 is 0 Å². The van der Waals surface area contributed by atoms with Crippen LogP contribution in [0, 0.1) is 5.92 Å². The normalized spacial score (nSPS) is 24.3. The van der Waals surface area contributed by atoms with Crippen molar-refractivity contribution in [2.24, 2.45) is 11.0 Å². The third-order valence-corrected chi connectivity index (χ3v) is 2.80. The number of hydrogen-bond acceptors (Lipinski definition) is 4. The van der Waals surface area contributed by atoms with Crippen molar-refractivity contribution < 1.29 is 4.79 Å². The third-order valence-electron chi connectivity index (χ3n) is 2.80. The predicted octanol–water partition coefficient (Wildman–Crippen LogP) is 0.979. The average molecular weight is 202 g/mol. The lowest BCUT2D eigenvalue weighted by Crippen LogP contribution is -2.27. The molecule has 0 saturated heterocycles. The van der Waals surface area contributed by atoms with Gasteiger partial charge in [-0.25, -0.2) is 9.97 Å². The molecule has 0 aromatic carbocycles. The van der Waals surface area contributed by atoms with Gasteiger partial charge in [0.15, 0.2) is 0 Å². The van der Waals surface area contributed by atoms with Gasteiger partial charge in [-0.15, -0.1) is 0 Å². The van der Waals surface area contributed by atoms with Crippen molar-refractivity contribution in [3.63, 3.8) is 0 Å². The summed E-state index contributed by atoms with van der Waals surface area (Å²) < 4.78 is 0. The van der Waals surface area contributed by atoms with E-state index in [4.69, 9.17) is 0 Å². The number of aromatic nitrogens is 2. The standard InChI is InChI=1S/C10H10N4O/c15-9-7-3-1-4-8(7)13-14(9)10-11-5-2-6-12-10/h2,5-7H,1,3-4H2. The fourth-order valence-corrected chi connectivity index (χ4v) is 2.08. The Kier molecular flexibility index (Phi) is 1.77. The second kappa shape index (κ2) is 3.12. The first-order chi connectivity index (χ1) is 7.36. The van der Waals surface area contributed by atoms with Crippen molar-refractivity contribution >= 4 is 17.6 Å². The first kappa shape index (κ1) is 8.52. The SMILES string of the molecule is O=C1C2CCCC2=NN1c1ncccn1. The molecular weight excluding hydrogens is 192 g/mol. The maximum absolute atomic E-state index is 11.9. The van der Waals surface area contributed by atoms with E-state index in [9.17, 15) is 4.79 Å². The smallest absolute Gasteiger partial charge is 0.258 e. The van der Waals surface area contributed by atoms with E-state index in [0.717, 1.165) is 25.0 Å². The molecule has 1 amide bonds. The third kappa shape index (κ3) is 1.23. The molecule has 1 aromatic rings.